The highest BCUT2D eigenvalue weighted by Crippen LogP contribution is 2.68. The molecule has 0 aromatic heterocycles. The van der Waals surface area contributed by atoms with E-state index in [2.05, 4.69) is 17.6 Å². The molecule has 0 saturated carbocycles. The summed E-state index contributed by atoms with van der Waals surface area (Å²) in [6, 6.07) is 5.16. The first-order valence-electron chi connectivity index (χ1n) is 11.5. The topological polar surface area (TPSA) is 98.7 Å². The number of benzene rings is 1. The zero-order valence-corrected chi connectivity index (χ0v) is 20.0. The molecule has 6 atom stereocenters. The monoisotopic (exact) mass is 459 g/mol. The summed E-state index contributed by atoms with van der Waals surface area (Å²) < 4.78 is -0.660. The van der Waals surface area contributed by atoms with Crippen LogP contribution in [-0.2, 0) is 14.4 Å². The highest BCUT2D eigenvalue weighted by atomic mass is 32.2. The lowest BCUT2D eigenvalue weighted by Gasteiger charge is -2.38. The second-order valence-electron chi connectivity index (χ2n) is 9.41. The van der Waals surface area contributed by atoms with Crippen LogP contribution in [0.25, 0.3) is 0 Å². The molecule has 4 rings (SSSR count). The van der Waals surface area contributed by atoms with Crippen molar-refractivity contribution in [2.75, 3.05) is 25.0 Å². The molecule has 3 fully saturated rings. The zero-order valence-electron chi connectivity index (χ0n) is 19.2. The molecule has 0 aliphatic carbocycles. The predicted molar refractivity (Wildman–Crippen MR) is 125 cm³/mol. The second kappa shape index (κ2) is 8.71. The van der Waals surface area contributed by atoms with Crippen molar-refractivity contribution >= 4 is 35.2 Å². The third-order valence-electron chi connectivity index (χ3n) is 7.34. The molecule has 3 saturated heterocycles. The molecule has 3 aliphatic rings. The highest BCUT2D eigenvalue weighted by molar-refractivity contribution is 8.02. The summed E-state index contributed by atoms with van der Waals surface area (Å²) in [7, 11) is 0. The highest BCUT2D eigenvalue weighted by Gasteiger charge is 2.75. The van der Waals surface area contributed by atoms with Crippen LogP contribution in [0.4, 0.5) is 5.69 Å². The van der Waals surface area contributed by atoms with E-state index in [0.717, 1.165) is 29.7 Å². The van der Waals surface area contributed by atoms with Gasteiger partial charge in [-0.25, -0.2) is 0 Å². The number of carbonyl (C=O) groups is 3. The van der Waals surface area contributed by atoms with Crippen molar-refractivity contribution in [1.82, 2.24) is 10.2 Å². The minimum absolute atomic E-state index is 0.0306. The summed E-state index contributed by atoms with van der Waals surface area (Å²) >= 11 is 1.65. The number of aliphatic hydroxyl groups excluding tert-OH is 1. The number of amides is 3. The Hall–Kier alpha value is -2.06. The van der Waals surface area contributed by atoms with Crippen LogP contribution in [0, 0.1) is 31.6 Å². The lowest BCUT2D eigenvalue weighted by molar-refractivity contribution is -0.139. The Balaban J connectivity index is 1.71. The van der Waals surface area contributed by atoms with Gasteiger partial charge in [-0.15, -0.1) is 11.8 Å². The van der Waals surface area contributed by atoms with E-state index in [1.807, 2.05) is 39.0 Å². The van der Waals surface area contributed by atoms with Gasteiger partial charge in [-0.05, 0) is 49.8 Å². The summed E-state index contributed by atoms with van der Waals surface area (Å²) in [5, 5.41) is 15.8. The van der Waals surface area contributed by atoms with Crippen LogP contribution < -0.4 is 10.6 Å². The van der Waals surface area contributed by atoms with E-state index in [4.69, 9.17) is 0 Å². The zero-order chi connectivity index (χ0) is 23.2. The molecule has 174 valence electrons. The van der Waals surface area contributed by atoms with Crippen LogP contribution in [-0.4, -0.2) is 63.5 Å². The minimum Gasteiger partial charge on any atom is -0.395 e. The van der Waals surface area contributed by atoms with Gasteiger partial charge >= 0.3 is 0 Å². The number of aliphatic hydroxyl groups is 1. The smallest absolute Gasteiger partial charge is 0.248 e. The Labute approximate surface area is 193 Å². The lowest BCUT2D eigenvalue weighted by Crippen LogP contribution is -2.55. The number of nitrogens with one attached hydrogen (secondary N) is 2. The fourth-order valence-electron chi connectivity index (χ4n) is 5.91. The molecule has 1 aromatic carbocycles. The number of rotatable bonds is 7. The van der Waals surface area contributed by atoms with Crippen LogP contribution in [0.3, 0.4) is 0 Å². The van der Waals surface area contributed by atoms with Gasteiger partial charge in [0.15, 0.2) is 0 Å². The summed E-state index contributed by atoms with van der Waals surface area (Å²) in [6.07, 6.45) is 1.63. The molecule has 3 N–H and O–H groups in total. The van der Waals surface area contributed by atoms with Gasteiger partial charge in [0.25, 0.3) is 0 Å². The largest absolute Gasteiger partial charge is 0.395 e. The number of likely N-dealkylation sites (tertiary alicyclic amines) is 1. The number of fused-ring (bicyclic) bond motifs is 1. The van der Waals surface area contributed by atoms with E-state index in [9.17, 15) is 19.5 Å². The van der Waals surface area contributed by atoms with Crippen molar-refractivity contribution in [2.45, 2.75) is 56.6 Å². The van der Waals surface area contributed by atoms with E-state index in [1.165, 1.54) is 4.90 Å². The van der Waals surface area contributed by atoms with E-state index in [-0.39, 0.29) is 42.0 Å². The number of β-amino-alcohol motifs (C(OH)–C–C–N with tert-alkyl or cyclic N) is 1. The average Bonchev–Trinajstić information content (AvgIpc) is 3.33. The number of hydrogen-bond donors (Lipinski definition) is 3. The van der Waals surface area contributed by atoms with Gasteiger partial charge in [0.05, 0.1) is 23.2 Å². The van der Waals surface area contributed by atoms with Crippen molar-refractivity contribution in [3.05, 3.63) is 29.3 Å². The molecule has 8 heteroatoms. The Bertz CT molecular complexity index is 938. The molecule has 2 bridgehead atoms. The number of carbonyl (C=O) groups excluding carboxylic acids is 3. The van der Waals surface area contributed by atoms with Crippen LogP contribution in [0.1, 0.15) is 37.8 Å². The second-order valence-corrected chi connectivity index (χ2v) is 11.0. The standard InChI is InChI=1S/C24H33N3O4S/c1-5-8-25-21(29)18-17-12-15(4)24(32-17)19(18)23(31)27(9-10-28)20(24)22(30)26-16-11-13(2)6-7-14(16)3/h6-7,11,15,17-20,28H,5,8-10,12H2,1-4H3,(H,25,29)(H,26,30)/t15?,17-,18+,19-,20?,24?/m0/s1. The number of nitrogens with zero attached hydrogens (tertiary/aromatic N) is 1. The van der Waals surface area contributed by atoms with E-state index >= 15 is 0 Å². The van der Waals surface area contributed by atoms with Crippen molar-refractivity contribution in [1.29, 1.82) is 0 Å². The predicted octanol–water partition coefficient (Wildman–Crippen LogP) is 2.10. The maximum absolute atomic E-state index is 13.7. The van der Waals surface area contributed by atoms with Crippen molar-refractivity contribution in [3.8, 4) is 0 Å². The van der Waals surface area contributed by atoms with E-state index < -0.39 is 22.6 Å². The average molecular weight is 460 g/mol. The lowest BCUT2D eigenvalue weighted by atomic mass is 9.66. The van der Waals surface area contributed by atoms with Gasteiger partial charge in [0.2, 0.25) is 17.7 Å². The van der Waals surface area contributed by atoms with Crippen LogP contribution in [0.2, 0.25) is 0 Å². The third kappa shape index (κ3) is 3.43. The summed E-state index contributed by atoms with van der Waals surface area (Å²) in [5.41, 5.74) is 2.71. The molecule has 32 heavy (non-hydrogen) atoms. The SMILES string of the molecule is CCCNC(=O)[C@@H]1[C@@H]2CC(C)C3(S2)C(C(=O)Nc2cc(C)ccc2C)N(CCO)C(=O)[C@H]13. The normalized spacial score (nSPS) is 32.8. The van der Waals surface area contributed by atoms with Gasteiger partial charge in [-0.1, -0.05) is 26.0 Å². The van der Waals surface area contributed by atoms with Gasteiger partial charge in [0.1, 0.15) is 6.04 Å². The molecule has 7 nitrogen and oxygen atoms in total. The van der Waals surface area contributed by atoms with Gasteiger partial charge < -0.3 is 20.6 Å². The first kappa shape index (κ1) is 23.1. The summed E-state index contributed by atoms with van der Waals surface area (Å²) in [6.45, 7) is 8.43. The number of thioether (sulfide) groups is 1. The maximum Gasteiger partial charge on any atom is 0.248 e. The Kier molecular flexibility index (Phi) is 6.29. The summed E-state index contributed by atoms with van der Waals surface area (Å²) in [5.74, 6) is -1.37. The minimum atomic E-state index is -0.721. The fraction of sp³-hybridized carbons (Fsp3) is 0.625. The van der Waals surface area contributed by atoms with Gasteiger partial charge in [0, 0.05) is 24.0 Å². The van der Waals surface area contributed by atoms with Gasteiger partial charge in [-0.2, -0.15) is 0 Å². The van der Waals surface area contributed by atoms with Crippen molar-refractivity contribution in [3.63, 3.8) is 0 Å². The fourth-order valence-corrected chi connectivity index (χ4v) is 8.33. The molecule has 3 aliphatic heterocycles. The molecule has 0 radical (unpaired) electrons. The summed E-state index contributed by atoms with van der Waals surface area (Å²) in [4.78, 5) is 41.9. The first-order valence-corrected chi connectivity index (χ1v) is 12.4. The van der Waals surface area contributed by atoms with Crippen LogP contribution >= 0.6 is 11.8 Å². The van der Waals surface area contributed by atoms with E-state index in [0.29, 0.717) is 6.54 Å². The molecule has 3 amide bonds. The molecular weight excluding hydrogens is 426 g/mol. The number of anilines is 1. The quantitative estimate of drug-likeness (QED) is 0.580. The Morgan fingerprint density at radius 3 is 2.72 bits per heavy atom. The third-order valence-corrected chi connectivity index (χ3v) is 9.41. The van der Waals surface area contributed by atoms with Gasteiger partial charge in [-0.3, -0.25) is 14.4 Å². The Morgan fingerprint density at radius 2 is 2.03 bits per heavy atom. The first-order chi connectivity index (χ1) is 15.3. The molecule has 1 spiro atoms. The maximum atomic E-state index is 13.7. The molecule has 3 unspecified atom stereocenters. The van der Waals surface area contributed by atoms with Crippen LogP contribution in [0.15, 0.2) is 18.2 Å². The van der Waals surface area contributed by atoms with Crippen molar-refractivity contribution in [2.24, 2.45) is 17.8 Å². The van der Waals surface area contributed by atoms with Crippen LogP contribution in [0.5, 0.6) is 0 Å². The molecule has 3 heterocycles. The Morgan fingerprint density at radius 1 is 1.28 bits per heavy atom. The van der Waals surface area contributed by atoms with Crippen molar-refractivity contribution < 1.29 is 19.5 Å². The molecule has 1 aromatic rings. The number of hydrogen-bond acceptors (Lipinski definition) is 5. The number of aryl methyl sites for hydroxylation is 2. The van der Waals surface area contributed by atoms with E-state index in [1.54, 1.807) is 11.8 Å². The molecular formula is C24H33N3O4S.